The Morgan fingerprint density at radius 3 is 2.39 bits per heavy atom. The second kappa shape index (κ2) is 6.76. The molecule has 0 aliphatic rings. The summed E-state index contributed by atoms with van der Waals surface area (Å²) in [5.74, 6) is -0.956. The number of hydrogen-bond acceptors (Lipinski definition) is 3. The molecule has 0 aromatic heterocycles. The molecule has 0 spiro atoms. The highest BCUT2D eigenvalue weighted by Gasteiger charge is 2.10. The average Bonchev–Trinajstić information content (AvgIpc) is 2.29. The fourth-order valence-electron chi connectivity index (χ4n) is 1.64. The van der Waals surface area contributed by atoms with Gasteiger partial charge in [0, 0.05) is 5.69 Å². The molecule has 1 atom stereocenters. The van der Waals surface area contributed by atoms with Crippen molar-refractivity contribution in [3.8, 4) is 0 Å². The summed E-state index contributed by atoms with van der Waals surface area (Å²) in [5.41, 5.74) is 1.66. The van der Waals surface area contributed by atoms with Crippen LogP contribution in [0.3, 0.4) is 0 Å². The Hall–Kier alpha value is -1.88. The van der Waals surface area contributed by atoms with Gasteiger partial charge in [-0.25, -0.2) is 0 Å². The highest BCUT2D eigenvalue weighted by atomic mass is 16.4. The molecule has 1 rings (SSSR count). The number of aliphatic carboxylic acids is 1. The maximum Gasteiger partial charge on any atom is 0.303 e. The van der Waals surface area contributed by atoms with Gasteiger partial charge in [0.05, 0.1) is 13.0 Å². The van der Waals surface area contributed by atoms with Crippen LogP contribution in [0.4, 0.5) is 5.69 Å². The Morgan fingerprint density at radius 1 is 1.28 bits per heavy atom. The molecule has 0 aliphatic heterocycles. The number of carboxylic acid groups (broad SMARTS) is 1. The van der Waals surface area contributed by atoms with Crippen LogP contribution in [0.15, 0.2) is 24.3 Å². The minimum absolute atomic E-state index is 0.0374. The van der Waals surface area contributed by atoms with Crippen molar-refractivity contribution >= 4 is 17.6 Å². The van der Waals surface area contributed by atoms with Gasteiger partial charge in [-0.15, -0.1) is 0 Å². The van der Waals surface area contributed by atoms with E-state index in [2.05, 4.69) is 10.6 Å². The molecular weight excluding hydrogens is 232 g/mol. The highest BCUT2D eigenvalue weighted by molar-refractivity contribution is 5.92. The molecule has 1 aromatic carbocycles. The number of benzene rings is 1. The lowest BCUT2D eigenvalue weighted by Crippen LogP contribution is -2.24. The van der Waals surface area contributed by atoms with Gasteiger partial charge in [-0.1, -0.05) is 19.1 Å². The summed E-state index contributed by atoms with van der Waals surface area (Å²) in [6.45, 7) is 2.12. The predicted octanol–water partition coefficient (Wildman–Crippen LogP) is 1.42. The zero-order chi connectivity index (χ0) is 13.5. The number of carbonyl (C=O) groups is 2. The third kappa shape index (κ3) is 4.55. The highest BCUT2D eigenvalue weighted by Crippen LogP contribution is 2.20. The molecule has 0 heterocycles. The van der Waals surface area contributed by atoms with E-state index >= 15 is 0 Å². The lowest BCUT2D eigenvalue weighted by molar-refractivity contribution is -0.137. The first kappa shape index (κ1) is 14.2. The van der Waals surface area contributed by atoms with Crippen molar-refractivity contribution in [3.05, 3.63) is 29.8 Å². The van der Waals surface area contributed by atoms with Crippen LogP contribution in [-0.2, 0) is 9.59 Å². The number of likely N-dealkylation sites (N-methyl/N-ethyl adjacent to an activating group) is 1. The SMILES string of the molecule is CNCC(=O)Nc1ccc(C(C)CC(=O)O)cc1. The van der Waals surface area contributed by atoms with Crippen LogP contribution in [-0.4, -0.2) is 30.6 Å². The summed E-state index contributed by atoms with van der Waals surface area (Å²) < 4.78 is 0. The van der Waals surface area contributed by atoms with E-state index in [1.807, 2.05) is 19.1 Å². The summed E-state index contributed by atoms with van der Waals surface area (Å²) >= 11 is 0. The Kier molecular flexibility index (Phi) is 5.32. The van der Waals surface area contributed by atoms with Crippen molar-refractivity contribution in [2.75, 3.05) is 18.9 Å². The Labute approximate surface area is 106 Å². The van der Waals surface area contributed by atoms with Gasteiger partial charge in [-0.2, -0.15) is 0 Å². The minimum Gasteiger partial charge on any atom is -0.481 e. The summed E-state index contributed by atoms with van der Waals surface area (Å²) in [6.07, 6.45) is 0.103. The Bertz CT molecular complexity index is 415. The normalized spacial score (nSPS) is 11.9. The molecule has 0 radical (unpaired) electrons. The van der Waals surface area contributed by atoms with Crippen molar-refractivity contribution in [1.82, 2.24) is 5.32 Å². The molecule has 0 saturated carbocycles. The standard InChI is InChI=1S/C13H18N2O3/c1-9(7-13(17)18)10-3-5-11(6-4-10)15-12(16)8-14-2/h3-6,9,14H,7-8H2,1-2H3,(H,15,16)(H,17,18). The lowest BCUT2D eigenvalue weighted by Gasteiger charge is -2.10. The van der Waals surface area contributed by atoms with Crippen LogP contribution < -0.4 is 10.6 Å². The predicted molar refractivity (Wildman–Crippen MR) is 69.7 cm³/mol. The Balaban J connectivity index is 2.62. The smallest absolute Gasteiger partial charge is 0.303 e. The van der Waals surface area contributed by atoms with Gasteiger partial charge in [-0.3, -0.25) is 9.59 Å². The summed E-state index contributed by atoms with van der Waals surface area (Å²) in [4.78, 5) is 21.9. The van der Waals surface area contributed by atoms with Crippen LogP contribution in [0.5, 0.6) is 0 Å². The monoisotopic (exact) mass is 250 g/mol. The minimum atomic E-state index is -0.811. The summed E-state index contributed by atoms with van der Waals surface area (Å²) in [5, 5.41) is 14.2. The van der Waals surface area contributed by atoms with Gasteiger partial charge >= 0.3 is 5.97 Å². The number of anilines is 1. The van der Waals surface area contributed by atoms with Crippen molar-refractivity contribution < 1.29 is 14.7 Å². The number of carbonyl (C=O) groups excluding carboxylic acids is 1. The lowest BCUT2D eigenvalue weighted by atomic mass is 9.98. The zero-order valence-electron chi connectivity index (χ0n) is 10.6. The second-order valence-electron chi connectivity index (χ2n) is 4.20. The van der Waals surface area contributed by atoms with E-state index in [9.17, 15) is 9.59 Å². The fourth-order valence-corrected chi connectivity index (χ4v) is 1.64. The third-order valence-corrected chi connectivity index (χ3v) is 2.58. The topological polar surface area (TPSA) is 78.4 Å². The fraction of sp³-hybridized carbons (Fsp3) is 0.385. The Morgan fingerprint density at radius 2 is 1.89 bits per heavy atom. The molecule has 0 aliphatic carbocycles. The van der Waals surface area contributed by atoms with E-state index in [-0.39, 0.29) is 24.8 Å². The summed E-state index contributed by atoms with van der Waals surface area (Å²) in [7, 11) is 1.70. The van der Waals surface area contributed by atoms with E-state index in [0.717, 1.165) is 5.56 Å². The average molecular weight is 250 g/mol. The van der Waals surface area contributed by atoms with Gasteiger partial charge in [0.1, 0.15) is 0 Å². The first-order valence-electron chi connectivity index (χ1n) is 5.79. The van der Waals surface area contributed by atoms with E-state index in [0.29, 0.717) is 5.69 Å². The molecule has 0 saturated heterocycles. The van der Waals surface area contributed by atoms with Crippen molar-refractivity contribution in [1.29, 1.82) is 0 Å². The van der Waals surface area contributed by atoms with Gasteiger partial charge in [0.2, 0.25) is 5.91 Å². The molecular formula is C13H18N2O3. The van der Waals surface area contributed by atoms with Crippen LogP contribution in [0.25, 0.3) is 0 Å². The molecule has 98 valence electrons. The third-order valence-electron chi connectivity index (χ3n) is 2.58. The van der Waals surface area contributed by atoms with Crippen LogP contribution in [0.2, 0.25) is 0 Å². The molecule has 0 fully saturated rings. The molecule has 1 aromatic rings. The molecule has 1 unspecified atom stereocenters. The van der Waals surface area contributed by atoms with E-state index in [1.165, 1.54) is 0 Å². The molecule has 1 amide bonds. The van der Waals surface area contributed by atoms with E-state index in [4.69, 9.17) is 5.11 Å². The number of nitrogens with one attached hydrogen (secondary N) is 2. The van der Waals surface area contributed by atoms with Gasteiger partial charge in [0.15, 0.2) is 0 Å². The van der Waals surface area contributed by atoms with E-state index < -0.39 is 5.97 Å². The van der Waals surface area contributed by atoms with Crippen molar-refractivity contribution in [2.24, 2.45) is 0 Å². The number of rotatable bonds is 6. The number of hydrogen-bond donors (Lipinski definition) is 3. The first-order chi connectivity index (χ1) is 8.52. The largest absolute Gasteiger partial charge is 0.481 e. The molecule has 3 N–H and O–H groups in total. The van der Waals surface area contributed by atoms with Gasteiger partial charge < -0.3 is 15.7 Å². The second-order valence-corrected chi connectivity index (χ2v) is 4.20. The van der Waals surface area contributed by atoms with Gasteiger partial charge in [-0.05, 0) is 30.7 Å². The van der Waals surface area contributed by atoms with Crippen LogP contribution in [0.1, 0.15) is 24.8 Å². The molecule has 5 nitrogen and oxygen atoms in total. The van der Waals surface area contributed by atoms with Crippen LogP contribution >= 0.6 is 0 Å². The maximum atomic E-state index is 11.3. The zero-order valence-corrected chi connectivity index (χ0v) is 10.6. The van der Waals surface area contributed by atoms with Crippen LogP contribution in [0, 0.1) is 0 Å². The van der Waals surface area contributed by atoms with Gasteiger partial charge in [0.25, 0.3) is 0 Å². The molecule has 0 bridgehead atoms. The summed E-state index contributed by atoms with van der Waals surface area (Å²) in [6, 6.07) is 7.23. The van der Waals surface area contributed by atoms with E-state index in [1.54, 1.807) is 19.2 Å². The maximum absolute atomic E-state index is 11.3. The number of carboxylic acids is 1. The first-order valence-corrected chi connectivity index (χ1v) is 5.79. The quantitative estimate of drug-likeness (QED) is 0.713. The number of amides is 1. The van der Waals surface area contributed by atoms with Crippen molar-refractivity contribution in [3.63, 3.8) is 0 Å². The molecule has 18 heavy (non-hydrogen) atoms. The van der Waals surface area contributed by atoms with Crippen molar-refractivity contribution in [2.45, 2.75) is 19.3 Å². The molecule has 5 heteroatoms.